The van der Waals surface area contributed by atoms with Gasteiger partial charge in [-0.3, -0.25) is 4.79 Å². The lowest BCUT2D eigenvalue weighted by molar-refractivity contribution is -0.137. The van der Waals surface area contributed by atoms with E-state index in [1.54, 1.807) is 0 Å². The predicted molar refractivity (Wildman–Crippen MR) is 95.1 cm³/mol. The predicted octanol–water partition coefficient (Wildman–Crippen LogP) is 1.73. The fraction of sp³-hybridized carbons (Fsp3) is 0.611. The molecule has 2 aliphatic heterocycles. The van der Waals surface area contributed by atoms with Gasteiger partial charge in [-0.1, -0.05) is 30.3 Å². The molecule has 0 saturated carbocycles. The number of carbonyl (C=O) groups is 1. The molecule has 1 unspecified atom stereocenters. The molecule has 24 heavy (non-hydrogen) atoms. The summed E-state index contributed by atoms with van der Waals surface area (Å²) in [5.41, 5.74) is 1.09. The molecular weight excluding hydrogens is 328 g/mol. The van der Waals surface area contributed by atoms with E-state index in [-0.39, 0.29) is 37.0 Å². The van der Waals surface area contributed by atoms with Crippen LogP contribution in [0.1, 0.15) is 31.2 Å². The molecule has 5 nitrogen and oxygen atoms in total. The number of aliphatic hydroxyl groups excluding tert-OH is 1. The molecule has 2 saturated heterocycles. The fourth-order valence-corrected chi connectivity index (χ4v) is 3.54. The Bertz CT molecular complexity index is 508. The van der Waals surface area contributed by atoms with E-state index in [1.165, 1.54) is 0 Å². The van der Waals surface area contributed by atoms with Crippen LogP contribution in [0.4, 0.5) is 0 Å². The summed E-state index contributed by atoms with van der Waals surface area (Å²) in [6.45, 7) is 2.42. The summed E-state index contributed by atoms with van der Waals surface area (Å²) in [7, 11) is 0. The van der Waals surface area contributed by atoms with Gasteiger partial charge in [0.25, 0.3) is 0 Å². The summed E-state index contributed by atoms with van der Waals surface area (Å²) in [4.78, 5) is 14.4. The zero-order chi connectivity index (χ0) is 16.1. The Morgan fingerprint density at radius 1 is 1.29 bits per heavy atom. The maximum atomic E-state index is 12.6. The van der Waals surface area contributed by atoms with E-state index in [4.69, 9.17) is 4.74 Å². The van der Waals surface area contributed by atoms with E-state index in [9.17, 15) is 9.90 Å². The quantitative estimate of drug-likeness (QED) is 0.816. The lowest BCUT2D eigenvalue weighted by atomic mass is 10.1. The van der Waals surface area contributed by atoms with E-state index in [0.29, 0.717) is 6.61 Å². The molecule has 2 heterocycles. The first-order valence-electron chi connectivity index (χ1n) is 8.59. The monoisotopic (exact) mass is 354 g/mol. The van der Waals surface area contributed by atoms with Crippen molar-refractivity contribution in [3.63, 3.8) is 0 Å². The molecule has 2 aliphatic rings. The van der Waals surface area contributed by atoms with E-state index in [2.05, 4.69) is 5.32 Å². The molecule has 1 amide bonds. The molecule has 0 aromatic heterocycles. The molecule has 3 atom stereocenters. The van der Waals surface area contributed by atoms with Gasteiger partial charge in [0.15, 0.2) is 0 Å². The number of likely N-dealkylation sites (tertiary alicyclic amines) is 1. The Morgan fingerprint density at radius 2 is 2.08 bits per heavy atom. The smallest absolute Gasteiger partial charge is 0.240 e. The molecule has 0 bridgehead atoms. The third-order valence-corrected chi connectivity index (χ3v) is 4.79. The maximum Gasteiger partial charge on any atom is 0.240 e. The number of rotatable bonds is 6. The van der Waals surface area contributed by atoms with Crippen LogP contribution in [0.5, 0.6) is 0 Å². The molecule has 0 spiro atoms. The summed E-state index contributed by atoms with van der Waals surface area (Å²) in [5, 5.41) is 13.7. The summed E-state index contributed by atoms with van der Waals surface area (Å²) in [6, 6.07) is 9.75. The number of hydrogen-bond acceptors (Lipinski definition) is 4. The average Bonchev–Trinajstić information content (AvgIpc) is 3.27. The third kappa shape index (κ3) is 4.70. The number of amides is 1. The van der Waals surface area contributed by atoms with Gasteiger partial charge >= 0.3 is 0 Å². The molecule has 3 rings (SSSR count). The minimum absolute atomic E-state index is 0. The van der Waals surface area contributed by atoms with Gasteiger partial charge < -0.3 is 20.1 Å². The Balaban J connectivity index is 0.00000208. The molecule has 2 N–H and O–H groups in total. The van der Waals surface area contributed by atoms with Crippen LogP contribution < -0.4 is 5.32 Å². The Morgan fingerprint density at radius 3 is 2.79 bits per heavy atom. The standard InChI is InChI=1S/C18H26N2O3.ClH/c21-17(13-23-12-14-6-2-1-3-7-14)16-9-5-11-20(16)18(22)15-8-4-10-19-15;/h1-3,6-7,15-17,19,21H,4-5,8-13H2;1H/t15-,16-,17?;/m0./s1. The highest BCUT2D eigenvalue weighted by atomic mass is 35.5. The van der Waals surface area contributed by atoms with Crippen LogP contribution in [0.25, 0.3) is 0 Å². The van der Waals surface area contributed by atoms with Gasteiger partial charge in [0.05, 0.1) is 31.4 Å². The molecule has 134 valence electrons. The van der Waals surface area contributed by atoms with Crippen molar-refractivity contribution in [2.24, 2.45) is 0 Å². The summed E-state index contributed by atoms with van der Waals surface area (Å²) < 4.78 is 5.64. The summed E-state index contributed by atoms with van der Waals surface area (Å²) >= 11 is 0. The van der Waals surface area contributed by atoms with Gasteiger partial charge in [-0.05, 0) is 37.8 Å². The van der Waals surface area contributed by atoms with Crippen LogP contribution in [0, 0.1) is 0 Å². The van der Waals surface area contributed by atoms with Crippen LogP contribution >= 0.6 is 12.4 Å². The van der Waals surface area contributed by atoms with Crippen molar-refractivity contribution in [3.05, 3.63) is 35.9 Å². The van der Waals surface area contributed by atoms with Gasteiger partial charge in [-0.25, -0.2) is 0 Å². The highest BCUT2D eigenvalue weighted by Crippen LogP contribution is 2.23. The minimum Gasteiger partial charge on any atom is -0.389 e. The van der Waals surface area contributed by atoms with E-state index >= 15 is 0 Å². The number of nitrogens with one attached hydrogen (secondary N) is 1. The minimum atomic E-state index is -0.619. The van der Waals surface area contributed by atoms with Crippen LogP contribution in [-0.4, -0.2) is 53.8 Å². The topological polar surface area (TPSA) is 61.8 Å². The maximum absolute atomic E-state index is 12.6. The number of halogens is 1. The van der Waals surface area contributed by atoms with Crippen molar-refractivity contribution in [1.82, 2.24) is 10.2 Å². The van der Waals surface area contributed by atoms with Crippen molar-refractivity contribution in [3.8, 4) is 0 Å². The first-order chi connectivity index (χ1) is 11.3. The number of ether oxygens (including phenoxy) is 1. The first kappa shape index (κ1) is 19.2. The number of aliphatic hydroxyl groups is 1. The lowest BCUT2D eigenvalue weighted by Crippen LogP contribution is -2.50. The Kier molecular flexibility index (Phi) is 7.49. The van der Waals surface area contributed by atoms with Gasteiger partial charge in [0.2, 0.25) is 5.91 Å². The van der Waals surface area contributed by atoms with Crippen LogP contribution in [-0.2, 0) is 16.1 Å². The summed E-state index contributed by atoms with van der Waals surface area (Å²) in [5.74, 6) is 0.145. The lowest BCUT2D eigenvalue weighted by Gasteiger charge is -2.30. The summed E-state index contributed by atoms with van der Waals surface area (Å²) in [6.07, 6.45) is 3.15. The number of hydrogen-bond donors (Lipinski definition) is 2. The molecule has 6 heteroatoms. The van der Waals surface area contributed by atoms with Gasteiger partial charge in [0, 0.05) is 6.54 Å². The normalized spacial score (nSPS) is 24.6. The van der Waals surface area contributed by atoms with Crippen molar-refractivity contribution in [2.45, 2.75) is 50.5 Å². The molecule has 1 aromatic carbocycles. The fourth-order valence-electron chi connectivity index (χ4n) is 3.54. The second-order valence-electron chi connectivity index (χ2n) is 6.46. The molecular formula is C18H27ClN2O3. The average molecular weight is 355 g/mol. The second-order valence-corrected chi connectivity index (χ2v) is 6.46. The third-order valence-electron chi connectivity index (χ3n) is 4.79. The highest BCUT2D eigenvalue weighted by Gasteiger charge is 2.37. The largest absolute Gasteiger partial charge is 0.389 e. The van der Waals surface area contributed by atoms with E-state index in [0.717, 1.165) is 44.3 Å². The Hall–Kier alpha value is -1.14. The first-order valence-corrected chi connectivity index (χ1v) is 8.59. The van der Waals surface area contributed by atoms with Gasteiger partial charge in [-0.15, -0.1) is 12.4 Å². The van der Waals surface area contributed by atoms with Crippen LogP contribution in [0.15, 0.2) is 30.3 Å². The van der Waals surface area contributed by atoms with Crippen molar-refractivity contribution < 1.29 is 14.6 Å². The van der Waals surface area contributed by atoms with Crippen LogP contribution in [0.3, 0.4) is 0 Å². The number of carbonyl (C=O) groups excluding carboxylic acids is 1. The molecule has 1 aromatic rings. The van der Waals surface area contributed by atoms with Gasteiger partial charge in [0.1, 0.15) is 0 Å². The van der Waals surface area contributed by atoms with Gasteiger partial charge in [-0.2, -0.15) is 0 Å². The van der Waals surface area contributed by atoms with Crippen molar-refractivity contribution in [2.75, 3.05) is 19.7 Å². The molecule has 0 aliphatic carbocycles. The highest BCUT2D eigenvalue weighted by molar-refractivity contribution is 5.85. The van der Waals surface area contributed by atoms with E-state index < -0.39 is 6.10 Å². The van der Waals surface area contributed by atoms with Crippen LogP contribution in [0.2, 0.25) is 0 Å². The SMILES string of the molecule is Cl.O=C([C@@H]1CCCN1)N1CCC[C@H]1C(O)COCc1ccccc1. The number of benzene rings is 1. The zero-order valence-corrected chi connectivity index (χ0v) is 14.7. The van der Waals surface area contributed by atoms with Crippen molar-refractivity contribution >= 4 is 18.3 Å². The van der Waals surface area contributed by atoms with Crippen molar-refractivity contribution in [1.29, 1.82) is 0 Å². The molecule has 2 fully saturated rings. The molecule has 0 radical (unpaired) electrons. The zero-order valence-electron chi connectivity index (χ0n) is 13.9. The second kappa shape index (κ2) is 9.37. The number of nitrogens with zero attached hydrogens (tertiary/aromatic N) is 1. The van der Waals surface area contributed by atoms with E-state index in [1.807, 2.05) is 35.2 Å². The Labute approximate surface area is 149 Å².